The second-order valence-corrected chi connectivity index (χ2v) is 16.1. The predicted molar refractivity (Wildman–Crippen MR) is 261 cm³/mol. The number of hydrogen-bond donors (Lipinski definition) is 0. The summed E-state index contributed by atoms with van der Waals surface area (Å²) < 4.78 is 0. The molecule has 1 nitrogen and oxygen atoms in total. The molecule has 0 bridgehead atoms. The van der Waals surface area contributed by atoms with Gasteiger partial charge in [0.2, 0.25) is 0 Å². The highest BCUT2D eigenvalue weighted by atomic mass is 15.1. The Kier molecular flexibility index (Phi) is 9.69. The van der Waals surface area contributed by atoms with Crippen molar-refractivity contribution in [1.82, 2.24) is 0 Å². The Labute approximate surface area is 364 Å². The van der Waals surface area contributed by atoms with E-state index in [1.165, 1.54) is 83.5 Å². The fourth-order valence-corrected chi connectivity index (χ4v) is 9.32. The van der Waals surface area contributed by atoms with Crippen LogP contribution in [0, 0.1) is 0 Å². The van der Waals surface area contributed by atoms with Crippen LogP contribution in [0.15, 0.2) is 255 Å². The van der Waals surface area contributed by atoms with E-state index in [0.717, 1.165) is 17.1 Å². The maximum absolute atomic E-state index is 2.43. The Morgan fingerprint density at radius 1 is 0.242 bits per heavy atom. The van der Waals surface area contributed by atoms with Crippen LogP contribution in [0.1, 0.15) is 22.6 Å². The molecule has 1 atom stereocenters. The molecular weight excluding hydrogens is 747 g/mol. The average molecular weight is 790 g/mol. The van der Waals surface area contributed by atoms with E-state index in [4.69, 9.17) is 0 Å². The Bertz CT molecular complexity index is 3100. The van der Waals surface area contributed by atoms with E-state index < -0.39 is 0 Å². The fourth-order valence-electron chi connectivity index (χ4n) is 9.32. The first-order valence-electron chi connectivity index (χ1n) is 21.4. The van der Waals surface area contributed by atoms with Crippen LogP contribution in [-0.4, -0.2) is 0 Å². The van der Waals surface area contributed by atoms with Gasteiger partial charge in [-0.05, 0) is 138 Å². The normalized spacial score (nSPS) is 12.7. The zero-order chi connectivity index (χ0) is 41.2. The number of anilines is 3. The third kappa shape index (κ3) is 7.00. The zero-order valence-electron chi connectivity index (χ0n) is 34.3. The number of fused-ring (bicyclic) bond motifs is 3. The molecule has 0 N–H and O–H groups in total. The van der Waals surface area contributed by atoms with E-state index in [-0.39, 0.29) is 5.92 Å². The van der Waals surface area contributed by atoms with Crippen LogP contribution in [0.25, 0.3) is 66.8 Å². The summed E-state index contributed by atoms with van der Waals surface area (Å²) in [5.41, 5.74) is 22.2. The van der Waals surface area contributed by atoms with E-state index >= 15 is 0 Å². The summed E-state index contributed by atoms with van der Waals surface area (Å²) in [5.74, 6) is 0.132. The minimum Gasteiger partial charge on any atom is -0.311 e. The molecule has 0 saturated carbocycles. The van der Waals surface area contributed by atoms with Crippen molar-refractivity contribution in [3.8, 4) is 66.8 Å². The van der Waals surface area contributed by atoms with Gasteiger partial charge in [-0.25, -0.2) is 0 Å². The van der Waals surface area contributed by atoms with Crippen molar-refractivity contribution in [2.24, 2.45) is 0 Å². The van der Waals surface area contributed by atoms with E-state index in [1.54, 1.807) is 0 Å². The highest BCUT2D eigenvalue weighted by Gasteiger charge is 2.33. The Morgan fingerprint density at radius 2 is 0.597 bits per heavy atom. The largest absolute Gasteiger partial charge is 0.311 e. The summed E-state index contributed by atoms with van der Waals surface area (Å²) in [4.78, 5) is 2.32. The maximum atomic E-state index is 2.43. The van der Waals surface area contributed by atoms with Gasteiger partial charge in [-0.1, -0.05) is 200 Å². The molecule has 10 aromatic carbocycles. The van der Waals surface area contributed by atoms with Gasteiger partial charge in [0.1, 0.15) is 0 Å². The van der Waals surface area contributed by atoms with Gasteiger partial charge in [-0.3, -0.25) is 0 Å². The maximum Gasteiger partial charge on any atom is 0.0462 e. The number of hydrogen-bond acceptors (Lipinski definition) is 1. The molecule has 1 aliphatic rings. The monoisotopic (exact) mass is 789 g/mol. The van der Waals surface area contributed by atoms with Crippen molar-refractivity contribution < 1.29 is 0 Å². The lowest BCUT2D eigenvalue weighted by Gasteiger charge is -2.26. The molecule has 0 heterocycles. The molecule has 0 radical (unpaired) electrons. The van der Waals surface area contributed by atoms with Gasteiger partial charge in [0.15, 0.2) is 0 Å². The molecular formula is C61H43N. The lowest BCUT2D eigenvalue weighted by atomic mass is 9.83. The van der Waals surface area contributed by atoms with E-state index in [2.05, 4.69) is 260 Å². The second kappa shape index (κ2) is 16.2. The van der Waals surface area contributed by atoms with E-state index in [1.807, 2.05) is 0 Å². The van der Waals surface area contributed by atoms with Crippen LogP contribution in [0.5, 0.6) is 0 Å². The van der Waals surface area contributed by atoms with Crippen LogP contribution < -0.4 is 4.90 Å². The minimum absolute atomic E-state index is 0.132. The number of para-hydroxylation sites is 1. The van der Waals surface area contributed by atoms with Crippen molar-refractivity contribution in [2.75, 3.05) is 4.90 Å². The van der Waals surface area contributed by atoms with Crippen LogP contribution in [-0.2, 0) is 0 Å². The highest BCUT2D eigenvalue weighted by Crippen LogP contribution is 2.54. The quantitative estimate of drug-likeness (QED) is 0.141. The van der Waals surface area contributed by atoms with Gasteiger partial charge in [0, 0.05) is 23.0 Å². The van der Waals surface area contributed by atoms with E-state index in [9.17, 15) is 0 Å². The van der Waals surface area contributed by atoms with Crippen LogP contribution in [0.4, 0.5) is 17.1 Å². The molecule has 0 aliphatic heterocycles. The standard InChI is InChI=1S/C61H43N/c1-6-16-43(17-7-1)46-30-35-54(36-31-46)62(53-24-14-5-15-25-53)55-37-32-47(33-38-55)45-26-28-48(29-27-45)51-34-39-56-58(40-51)59-42-52(44-18-8-2-9-19-44)41-57(49-20-10-3-11-21-49)61(59)60(56)50-22-12-4-13-23-50/h1-42,60H. The smallest absolute Gasteiger partial charge is 0.0462 e. The molecule has 0 saturated heterocycles. The fraction of sp³-hybridized carbons (Fsp3) is 0.0164. The molecule has 0 aromatic heterocycles. The Morgan fingerprint density at radius 3 is 1.13 bits per heavy atom. The Balaban J connectivity index is 0.937. The van der Waals surface area contributed by atoms with Gasteiger partial charge in [0.25, 0.3) is 0 Å². The molecule has 0 fully saturated rings. The van der Waals surface area contributed by atoms with Crippen molar-refractivity contribution in [1.29, 1.82) is 0 Å². The summed E-state index contributed by atoms with van der Waals surface area (Å²) in [5, 5.41) is 0. The van der Waals surface area contributed by atoms with Crippen molar-refractivity contribution in [2.45, 2.75) is 5.92 Å². The summed E-state index contributed by atoms with van der Waals surface area (Å²) >= 11 is 0. The molecule has 0 amide bonds. The molecule has 1 aliphatic carbocycles. The van der Waals surface area contributed by atoms with Crippen LogP contribution in [0.3, 0.4) is 0 Å². The minimum atomic E-state index is 0.132. The van der Waals surface area contributed by atoms with Crippen LogP contribution in [0.2, 0.25) is 0 Å². The summed E-state index contributed by atoms with van der Waals surface area (Å²) in [6, 6.07) is 92.7. The van der Waals surface area contributed by atoms with Crippen molar-refractivity contribution in [3.63, 3.8) is 0 Å². The first-order valence-corrected chi connectivity index (χ1v) is 21.4. The summed E-state index contributed by atoms with van der Waals surface area (Å²) in [6.07, 6.45) is 0. The lowest BCUT2D eigenvalue weighted by molar-refractivity contribution is 1.02. The predicted octanol–water partition coefficient (Wildman–Crippen LogP) is 16.7. The number of nitrogens with zero attached hydrogens (tertiary/aromatic N) is 1. The molecule has 0 spiro atoms. The van der Waals surface area contributed by atoms with E-state index in [0.29, 0.717) is 0 Å². The molecule has 1 unspecified atom stereocenters. The van der Waals surface area contributed by atoms with Gasteiger partial charge in [-0.15, -0.1) is 0 Å². The lowest BCUT2D eigenvalue weighted by Crippen LogP contribution is -2.09. The zero-order valence-corrected chi connectivity index (χ0v) is 34.3. The van der Waals surface area contributed by atoms with Gasteiger partial charge >= 0.3 is 0 Å². The topological polar surface area (TPSA) is 3.24 Å². The SMILES string of the molecule is c1ccc(-c2ccc(N(c3ccccc3)c3ccc(-c4ccc(-c5ccc6c(c5)-c5cc(-c7ccccc7)cc(-c7ccccc7)c5C6c5ccccc5)cc4)cc3)cc2)cc1. The molecule has 11 rings (SSSR count). The number of rotatable bonds is 9. The molecule has 62 heavy (non-hydrogen) atoms. The highest BCUT2D eigenvalue weighted by molar-refractivity contribution is 5.93. The average Bonchev–Trinajstić information content (AvgIpc) is 3.69. The third-order valence-electron chi connectivity index (χ3n) is 12.4. The van der Waals surface area contributed by atoms with Crippen molar-refractivity contribution >= 4 is 17.1 Å². The third-order valence-corrected chi connectivity index (χ3v) is 12.4. The second-order valence-electron chi connectivity index (χ2n) is 16.1. The van der Waals surface area contributed by atoms with Crippen LogP contribution >= 0.6 is 0 Å². The summed E-state index contributed by atoms with van der Waals surface area (Å²) in [6.45, 7) is 0. The molecule has 1 heteroatoms. The van der Waals surface area contributed by atoms with Gasteiger partial charge in [-0.2, -0.15) is 0 Å². The number of benzene rings is 10. The Hall–Kier alpha value is -8.00. The van der Waals surface area contributed by atoms with Gasteiger partial charge in [0.05, 0.1) is 0 Å². The summed E-state index contributed by atoms with van der Waals surface area (Å²) in [7, 11) is 0. The first kappa shape index (κ1) is 37.0. The van der Waals surface area contributed by atoms with Gasteiger partial charge < -0.3 is 4.90 Å². The van der Waals surface area contributed by atoms with Crippen molar-refractivity contribution in [3.05, 3.63) is 271 Å². The first-order chi connectivity index (χ1) is 30.7. The molecule has 292 valence electrons. The molecule has 10 aromatic rings.